The van der Waals surface area contributed by atoms with E-state index in [0.717, 1.165) is 6.07 Å². The van der Waals surface area contributed by atoms with Crippen LogP contribution in [0, 0.1) is 5.82 Å². The van der Waals surface area contributed by atoms with Gasteiger partial charge in [-0.25, -0.2) is 4.39 Å². The quantitative estimate of drug-likeness (QED) is 0.830. The molecule has 2 N–H and O–H groups in total. The lowest BCUT2D eigenvalue weighted by molar-refractivity contribution is -0.139. The second-order valence-corrected chi connectivity index (χ2v) is 4.60. The fourth-order valence-electron chi connectivity index (χ4n) is 1.50. The number of nitrogens with one attached hydrogen (secondary N) is 1. The highest BCUT2D eigenvalue weighted by atomic mass is 35.5. The Morgan fingerprint density at radius 1 is 1.56 bits per heavy atom. The number of hydrogen-bond acceptors (Lipinski definition) is 3. The van der Waals surface area contributed by atoms with Crippen LogP contribution < -0.4 is 5.32 Å². The van der Waals surface area contributed by atoms with Gasteiger partial charge in [-0.15, -0.1) is 0 Å². The topological polar surface area (TPSA) is 52.6 Å². The van der Waals surface area contributed by atoms with Gasteiger partial charge in [-0.2, -0.15) is 0 Å². The minimum Gasteiger partial charge on any atom is -0.480 e. The zero-order valence-electron chi connectivity index (χ0n) is 10.3. The lowest BCUT2D eigenvalue weighted by atomic mass is 10.1. The Morgan fingerprint density at radius 2 is 2.22 bits per heavy atom. The van der Waals surface area contributed by atoms with Crippen LogP contribution in [-0.4, -0.2) is 43.2 Å². The van der Waals surface area contributed by atoms with E-state index in [-0.39, 0.29) is 5.02 Å². The maximum Gasteiger partial charge on any atom is 0.325 e. The van der Waals surface area contributed by atoms with Crippen LogP contribution in [-0.2, 0) is 4.79 Å². The molecule has 18 heavy (non-hydrogen) atoms. The van der Waals surface area contributed by atoms with E-state index in [0.29, 0.717) is 18.7 Å². The zero-order valence-corrected chi connectivity index (χ0v) is 11.0. The van der Waals surface area contributed by atoms with Gasteiger partial charge >= 0.3 is 5.97 Å². The molecule has 1 aromatic rings. The first-order valence-corrected chi connectivity index (χ1v) is 5.85. The summed E-state index contributed by atoms with van der Waals surface area (Å²) in [6.45, 7) is 1.19. The number of likely N-dealkylation sites (N-methyl/N-ethyl adjacent to an activating group) is 1. The molecule has 6 heteroatoms. The van der Waals surface area contributed by atoms with Crippen molar-refractivity contribution in [2.45, 2.75) is 6.04 Å². The normalized spacial score (nSPS) is 12.7. The third-order valence-corrected chi connectivity index (χ3v) is 2.76. The number of aliphatic carboxylic acids is 1. The number of halogens is 2. The molecular weight excluding hydrogens is 259 g/mol. The maximum atomic E-state index is 12.9. The molecule has 4 nitrogen and oxygen atoms in total. The SMILES string of the molecule is CN(C)CCNC(C(=O)O)c1ccc(F)cc1Cl. The Bertz CT molecular complexity index is 427. The minimum absolute atomic E-state index is 0.111. The highest BCUT2D eigenvalue weighted by Gasteiger charge is 2.21. The standard InChI is InChI=1S/C12H16ClFN2O2/c1-16(2)6-5-15-11(12(17)18)9-4-3-8(14)7-10(9)13/h3-4,7,11,15H,5-6H2,1-2H3,(H,17,18). The van der Waals surface area contributed by atoms with E-state index in [4.69, 9.17) is 16.7 Å². The van der Waals surface area contributed by atoms with Crippen LogP contribution >= 0.6 is 11.6 Å². The second kappa shape index (κ2) is 6.68. The molecule has 1 atom stereocenters. The van der Waals surface area contributed by atoms with Crippen LogP contribution in [0.1, 0.15) is 11.6 Å². The lowest BCUT2D eigenvalue weighted by Gasteiger charge is -2.17. The van der Waals surface area contributed by atoms with E-state index in [1.807, 2.05) is 19.0 Å². The first-order valence-electron chi connectivity index (χ1n) is 5.47. The van der Waals surface area contributed by atoms with E-state index in [1.54, 1.807) is 0 Å². The predicted octanol–water partition coefficient (Wildman–Crippen LogP) is 1.76. The number of benzene rings is 1. The average Bonchev–Trinajstić information content (AvgIpc) is 2.25. The molecule has 0 radical (unpaired) electrons. The van der Waals surface area contributed by atoms with Gasteiger partial charge in [-0.1, -0.05) is 17.7 Å². The van der Waals surface area contributed by atoms with Crippen molar-refractivity contribution in [3.63, 3.8) is 0 Å². The van der Waals surface area contributed by atoms with Gasteiger partial charge in [-0.3, -0.25) is 10.1 Å². The number of carbonyl (C=O) groups is 1. The molecule has 100 valence electrons. The first kappa shape index (κ1) is 14.9. The van der Waals surface area contributed by atoms with Gasteiger partial charge in [0.15, 0.2) is 0 Å². The summed E-state index contributed by atoms with van der Waals surface area (Å²) in [5.41, 5.74) is 0.365. The van der Waals surface area contributed by atoms with Crippen molar-refractivity contribution in [3.8, 4) is 0 Å². The molecule has 1 aromatic carbocycles. The van der Waals surface area contributed by atoms with Crippen molar-refractivity contribution < 1.29 is 14.3 Å². The van der Waals surface area contributed by atoms with Crippen LogP contribution in [0.15, 0.2) is 18.2 Å². The molecule has 0 aliphatic heterocycles. The first-order chi connectivity index (χ1) is 8.41. The van der Waals surface area contributed by atoms with E-state index in [1.165, 1.54) is 12.1 Å². The van der Waals surface area contributed by atoms with Crippen LogP contribution in [0.3, 0.4) is 0 Å². The van der Waals surface area contributed by atoms with Crippen molar-refractivity contribution in [1.29, 1.82) is 0 Å². The summed E-state index contributed by atoms with van der Waals surface area (Å²) < 4.78 is 12.9. The number of hydrogen-bond donors (Lipinski definition) is 2. The number of rotatable bonds is 6. The van der Waals surface area contributed by atoms with E-state index in [2.05, 4.69) is 5.32 Å². The molecule has 1 unspecified atom stereocenters. The minimum atomic E-state index is -1.04. The molecule has 0 fully saturated rings. The van der Waals surface area contributed by atoms with Crippen molar-refractivity contribution in [2.24, 2.45) is 0 Å². The van der Waals surface area contributed by atoms with E-state index < -0.39 is 17.8 Å². The lowest BCUT2D eigenvalue weighted by Crippen LogP contribution is -2.34. The molecule has 0 aromatic heterocycles. The maximum absolute atomic E-state index is 12.9. The summed E-state index contributed by atoms with van der Waals surface area (Å²) in [6, 6.07) is 2.77. The molecule has 0 bridgehead atoms. The largest absolute Gasteiger partial charge is 0.480 e. The van der Waals surface area contributed by atoms with E-state index >= 15 is 0 Å². The van der Waals surface area contributed by atoms with Gasteiger partial charge in [0.2, 0.25) is 0 Å². The Balaban J connectivity index is 2.81. The van der Waals surface area contributed by atoms with Gasteiger partial charge in [0.05, 0.1) is 0 Å². The molecule has 1 rings (SSSR count). The molecule has 0 amide bonds. The van der Waals surface area contributed by atoms with Crippen molar-refractivity contribution in [2.75, 3.05) is 27.2 Å². The van der Waals surface area contributed by atoms with Crippen LogP contribution in [0.5, 0.6) is 0 Å². The third-order valence-electron chi connectivity index (χ3n) is 2.43. The van der Waals surface area contributed by atoms with Crippen molar-refractivity contribution in [3.05, 3.63) is 34.6 Å². The number of carboxylic acid groups (broad SMARTS) is 1. The summed E-state index contributed by atoms with van der Waals surface area (Å²) >= 11 is 5.86. The van der Waals surface area contributed by atoms with Gasteiger partial charge < -0.3 is 10.0 Å². The molecule has 0 spiro atoms. The molecule has 0 aliphatic carbocycles. The molecule has 0 heterocycles. The fourth-order valence-corrected chi connectivity index (χ4v) is 1.77. The Morgan fingerprint density at radius 3 is 2.72 bits per heavy atom. The molecular formula is C12H16ClFN2O2. The van der Waals surface area contributed by atoms with Gasteiger partial charge in [0.1, 0.15) is 11.9 Å². The summed E-state index contributed by atoms with van der Waals surface area (Å²) in [5, 5.41) is 12.1. The zero-order chi connectivity index (χ0) is 13.7. The van der Waals surface area contributed by atoms with Crippen molar-refractivity contribution in [1.82, 2.24) is 10.2 Å². The van der Waals surface area contributed by atoms with Crippen LogP contribution in [0.2, 0.25) is 5.02 Å². The number of nitrogens with zero attached hydrogens (tertiary/aromatic N) is 1. The van der Waals surface area contributed by atoms with Crippen LogP contribution in [0.25, 0.3) is 0 Å². The Labute approximate surface area is 110 Å². The van der Waals surface area contributed by atoms with E-state index in [9.17, 15) is 9.18 Å². The highest BCUT2D eigenvalue weighted by Crippen LogP contribution is 2.24. The fraction of sp³-hybridized carbons (Fsp3) is 0.417. The van der Waals surface area contributed by atoms with Gasteiger partial charge in [-0.05, 0) is 31.8 Å². The second-order valence-electron chi connectivity index (χ2n) is 4.19. The third kappa shape index (κ3) is 4.25. The summed E-state index contributed by atoms with van der Waals surface area (Å²) in [6.07, 6.45) is 0. The van der Waals surface area contributed by atoms with Gasteiger partial charge in [0, 0.05) is 18.1 Å². The Kier molecular flexibility index (Phi) is 5.53. The molecule has 0 saturated carbocycles. The monoisotopic (exact) mass is 274 g/mol. The highest BCUT2D eigenvalue weighted by molar-refractivity contribution is 6.31. The molecule has 0 aliphatic rings. The van der Waals surface area contributed by atoms with Crippen molar-refractivity contribution >= 4 is 17.6 Å². The van der Waals surface area contributed by atoms with Crippen LogP contribution in [0.4, 0.5) is 4.39 Å². The van der Waals surface area contributed by atoms with Gasteiger partial charge in [0.25, 0.3) is 0 Å². The average molecular weight is 275 g/mol. The Hall–Kier alpha value is -1.17. The summed E-state index contributed by atoms with van der Waals surface area (Å²) in [7, 11) is 3.78. The predicted molar refractivity (Wildman–Crippen MR) is 68.3 cm³/mol. The smallest absolute Gasteiger partial charge is 0.325 e. The number of carboxylic acids is 1. The summed E-state index contributed by atoms with van der Waals surface area (Å²) in [4.78, 5) is 13.1. The summed E-state index contributed by atoms with van der Waals surface area (Å²) in [5.74, 6) is -1.52. The molecule has 0 saturated heterocycles.